The van der Waals surface area contributed by atoms with Crippen molar-refractivity contribution in [1.82, 2.24) is 9.80 Å². The molecule has 4 nitrogen and oxygen atoms in total. The molecule has 2 unspecified atom stereocenters. The van der Waals surface area contributed by atoms with Crippen LogP contribution in [0.3, 0.4) is 0 Å². The van der Waals surface area contributed by atoms with Crippen molar-refractivity contribution < 1.29 is 9.59 Å². The number of hydrogen-bond donors (Lipinski definition) is 0. The summed E-state index contributed by atoms with van der Waals surface area (Å²) in [5.74, 6) is 0.159. The lowest BCUT2D eigenvalue weighted by Crippen LogP contribution is -2.49. The second kappa shape index (κ2) is 5.24. The predicted molar refractivity (Wildman–Crippen MR) is 86.2 cm³/mol. The SMILES string of the molecule is CC1CCN(C(=O)C(=O)N2CC3(C)CC2CC(C)(C)C3)CC1. The Hall–Kier alpha value is -1.06. The first-order chi connectivity index (χ1) is 10.2. The Balaban J connectivity index is 1.69. The number of carbonyl (C=O) groups is 2. The van der Waals surface area contributed by atoms with Crippen LogP contribution in [0.25, 0.3) is 0 Å². The molecule has 0 aromatic heterocycles. The Labute approximate surface area is 134 Å². The van der Waals surface area contributed by atoms with Crippen LogP contribution in [-0.4, -0.2) is 47.3 Å². The maximum atomic E-state index is 12.8. The van der Waals surface area contributed by atoms with E-state index < -0.39 is 0 Å². The second-order valence-corrected chi connectivity index (χ2v) is 9.12. The van der Waals surface area contributed by atoms with Gasteiger partial charge in [-0.25, -0.2) is 0 Å². The molecule has 3 aliphatic rings. The summed E-state index contributed by atoms with van der Waals surface area (Å²) in [6.45, 7) is 11.3. The van der Waals surface area contributed by atoms with E-state index in [-0.39, 0.29) is 28.7 Å². The lowest BCUT2D eigenvalue weighted by Gasteiger charge is -2.39. The van der Waals surface area contributed by atoms with Crippen LogP contribution in [0.15, 0.2) is 0 Å². The number of carbonyl (C=O) groups excluding carboxylic acids is 2. The minimum Gasteiger partial charge on any atom is -0.334 e. The van der Waals surface area contributed by atoms with Gasteiger partial charge < -0.3 is 9.80 Å². The van der Waals surface area contributed by atoms with Gasteiger partial charge in [0.2, 0.25) is 0 Å². The number of hydrogen-bond acceptors (Lipinski definition) is 2. The summed E-state index contributed by atoms with van der Waals surface area (Å²) < 4.78 is 0. The van der Waals surface area contributed by atoms with E-state index in [9.17, 15) is 9.59 Å². The van der Waals surface area contributed by atoms with Crippen LogP contribution in [0.5, 0.6) is 0 Å². The molecule has 0 aromatic carbocycles. The molecule has 1 aliphatic carbocycles. The van der Waals surface area contributed by atoms with Gasteiger partial charge in [0, 0.05) is 25.7 Å². The Morgan fingerprint density at radius 1 is 1.00 bits per heavy atom. The zero-order chi connectivity index (χ0) is 16.1. The minimum atomic E-state index is -0.263. The normalized spacial score (nSPS) is 34.8. The van der Waals surface area contributed by atoms with Crippen molar-refractivity contribution in [1.29, 1.82) is 0 Å². The molecule has 22 heavy (non-hydrogen) atoms. The van der Waals surface area contributed by atoms with Crippen molar-refractivity contribution in [2.24, 2.45) is 16.7 Å². The number of piperidine rings is 1. The Bertz CT molecular complexity index is 479. The summed E-state index contributed by atoms with van der Waals surface area (Å²) in [6, 6.07) is 0.258. The third kappa shape index (κ3) is 2.89. The molecule has 124 valence electrons. The highest BCUT2D eigenvalue weighted by atomic mass is 16.2. The monoisotopic (exact) mass is 306 g/mol. The molecule has 1 saturated carbocycles. The quantitative estimate of drug-likeness (QED) is 0.646. The van der Waals surface area contributed by atoms with Crippen molar-refractivity contribution >= 4 is 11.8 Å². The van der Waals surface area contributed by atoms with Crippen molar-refractivity contribution in [3.63, 3.8) is 0 Å². The van der Waals surface area contributed by atoms with Gasteiger partial charge in [-0.05, 0) is 48.9 Å². The molecule has 2 saturated heterocycles. The molecule has 0 spiro atoms. The molecule has 2 bridgehead atoms. The molecule has 0 N–H and O–H groups in total. The summed E-state index contributed by atoms with van der Waals surface area (Å²) in [5, 5.41) is 0. The van der Waals surface area contributed by atoms with Crippen LogP contribution >= 0.6 is 0 Å². The maximum absolute atomic E-state index is 12.8. The zero-order valence-electron chi connectivity index (χ0n) is 14.5. The lowest BCUT2D eigenvalue weighted by molar-refractivity contribution is -0.153. The average Bonchev–Trinajstić information content (AvgIpc) is 2.67. The molecule has 2 aliphatic heterocycles. The standard InChI is InChI=1S/C18H30N2O2/c1-13-5-7-19(8-6-13)15(21)16(22)20-12-18(4)10-14(20)9-17(2,3)11-18/h13-14H,5-12H2,1-4H3. The smallest absolute Gasteiger partial charge is 0.312 e. The molecular formula is C18H30N2O2. The molecule has 2 atom stereocenters. The summed E-state index contributed by atoms with van der Waals surface area (Å²) in [4.78, 5) is 29.0. The van der Waals surface area contributed by atoms with E-state index in [1.807, 2.05) is 4.90 Å². The summed E-state index contributed by atoms with van der Waals surface area (Å²) in [7, 11) is 0. The number of rotatable bonds is 0. The van der Waals surface area contributed by atoms with Crippen LogP contribution in [0.4, 0.5) is 0 Å². The van der Waals surface area contributed by atoms with Gasteiger partial charge in [0.15, 0.2) is 0 Å². The molecule has 2 heterocycles. The third-order valence-corrected chi connectivity index (χ3v) is 5.93. The van der Waals surface area contributed by atoms with Gasteiger partial charge in [-0.2, -0.15) is 0 Å². The van der Waals surface area contributed by atoms with Crippen LogP contribution in [0, 0.1) is 16.7 Å². The first-order valence-corrected chi connectivity index (χ1v) is 8.79. The summed E-state index contributed by atoms with van der Waals surface area (Å²) in [5.41, 5.74) is 0.467. The Kier molecular flexibility index (Phi) is 3.77. The van der Waals surface area contributed by atoms with Gasteiger partial charge in [-0.3, -0.25) is 9.59 Å². The molecule has 3 fully saturated rings. The van der Waals surface area contributed by atoms with Gasteiger partial charge in [0.25, 0.3) is 0 Å². The highest BCUT2D eigenvalue weighted by molar-refractivity contribution is 6.35. The van der Waals surface area contributed by atoms with Crippen LogP contribution < -0.4 is 0 Å². The van der Waals surface area contributed by atoms with E-state index >= 15 is 0 Å². The molecule has 2 amide bonds. The van der Waals surface area contributed by atoms with Crippen LogP contribution in [0.1, 0.15) is 59.8 Å². The van der Waals surface area contributed by atoms with E-state index in [2.05, 4.69) is 27.7 Å². The third-order valence-electron chi connectivity index (χ3n) is 5.93. The van der Waals surface area contributed by atoms with E-state index in [0.29, 0.717) is 5.92 Å². The maximum Gasteiger partial charge on any atom is 0.312 e. The predicted octanol–water partition coefficient (Wildman–Crippen LogP) is 2.67. The fraction of sp³-hybridized carbons (Fsp3) is 0.889. The average molecular weight is 306 g/mol. The van der Waals surface area contributed by atoms with Crippen molar-refractivity contribution in [2.45, 2.75) is 65.8 Å². The fourth-order valence-corrected chi connectivity index (χ4v) is 5.17. The van der Waals surface area contributed by atoms with Gasteiger partial charge in [-0.1, -0.05) is 27.7 Å². The van der Waals surface area contributed by atoms with E-state index in [1.54, 1.807) is 4.90 Å². The van der Waals surface area contributed by atoms with Crippen molar-refractivity contribution in [3.8, 4) is 0 Å². The van der Waals surface area contributed by atoms with Crippen LogP contribution in [0.2, 0.25) is 0 Å². The first kappa shape index (κ1) is 15.8. The highest BCUT2D eigenvalue weighted by Gasteiger charge is 2.52. The molecule has 3 rings (SSSR count). The Morgan fingerprint density at radius 3 is 2.27 bits per heavy atom. The zero-order valence-corrected chi connectivity index (χ0v) is 14.5. The van der Waals surface area contributed by atoms with E-state index in [1.165, 1.54) is 0 Å². The first-order valence-electron chi connectivity index (χ1n) is 8.79. The van der Waals surface area contributed by atoms with Gasteiger partial charge in [-0.15, -0.1) is 0 Å². The number of likely N-dealkylation sites (tertiary alicyclic amines) is 2. The minimum absolute atomic E-state index is 0.193. The second-order valence-electron chi connectivity index (χ2n) is 9.12. The molecular weight excluding hydrogens is 276 g/mol. The van der Waals surface area contributed by atoms with Gasteiger partial charge in [0.05, 0.1) is 0 Å². The molecule has 0 aromatic rings. The van der Waals surface area contributed by atoms with Gasteiger partial charge >= 0.3 is 11.8 Å². The lowest BCUT2D eigenvalue weighted by atomic mass is 9.65. The number of fused-ring (bicyclic) bond motifs is 2. The number of nitrogens with zero attached hydrogens (tertiary/aromatic N) is 2. The summed E-state index contributed by atoms with van der Waals surface area (Å²) >= 11 is 0. The van der Waals surface area contributed by atoms with Gasteiger partial charge in [0.1, 0.15) is 0 Å². The van der Waals surface area contributed by atoms with Crippen LogP contribution in [-0.2, 0) is 9.59 Å². The van der Waals surface area contributed by atoms with Crippen molar-refractivity contribution in [3.05, 3.63) is 0 Å². The topological polar surface area (TPSA) is 40.6 Å². The fourth-order valence-electron chi connectivity index (χ4n) is 5.17. The van der Waals surface area contributed by atoms with Crippen molar-refractivity contribution in [2.75, 3.05) is 19.6 Å². The molecule has 4 heteroatoms. The largest absolute Gasteiger partial charge is 0.334 e. The van der Waals surface area contributed by atoms with E-state index in [4.69, 9.17) is 0 Å². The van der Waals surface area contributed by atoms with E-state index in [0.717, 1.165) is 51.7 Å². The number of amides is 2. The molecule has 0 radical (unpaired) electrons. The summed E-state index contributed by atoms with van der Waals surface area (Å²) in [6.07, 6.45) is 5.28. The highest BCUT2D eigenvalue weighted by Crippen LogP contribution is 2.52. The Morgan fingerprint density at radius 2 is 1.64 bits per heavy atom.